The molecule has 1 aromatic rings. The summed E-state index contributed by atoms with van der Waals surface area (Å²) in [6.45, 7) is 9.98. The molecule has 3 atom stereocenters. The topological polar surface area (TPSA) is 51.0 Å². The van der Waals surface area contributed by atoms with Crippen LogP contribution < -0.4 is 0 Å². The summed E-state index contributed by atoms with van der Waals surface area (Å²) in [5, 5.41) is 4.04. The third-order valence-electron chi connectivity index (χ3n) is 6.78. The van der Waals surface area contributed by atoms with Gasteiger partial charge in [0.25, 0.3) is 0 Å². The number of fused-ring (bicyclic) bond motifs is 1. The first-order valence-corrected chi connectivity index (χ1v) is 10.1. The van der Waals surface area contributed by atoms with Gasteiger partial charge in [0.1, 0.15) is 0 Å². The summed E-state index contributed by atoms with van der Waals surface area (Å²) < 4.78 is 16.7. The van der Waals surface area contributed by atoms with Crippen LogP contribution in [-0.2, 0) is 16.0 Å². The molecule has 6 nitrogen and oxygen atoms in total. The summed E-state index contributed by atoms with van der Waals surface area (Å²) in [5.74, 6) is 1.74. The highest BCUT2D eigenvalue weighted by molar-refractivity contribution is 5.05. The molecule has 0 unspecified atom stereocenters. The van der Waals surface area contributed by atoms with Crippen LogP contribution in [0.15, 0.2) is 10.6 Å². The molecule has 3 aliphatic rings. The Bertz CT molecular complexity index is 587. The smallest absolute Gasteiger partial charge is 0.150 e. The van der Waals surface area contributed by atoms with E-state index in [2.05, 4.69) is 21.0 Å². The van der Waals surface area contributed by atoms with E-state index in [-0.39, 0.29) is 0 Å². The van der Waals surface area contributed by atoms with Gasteiger partial charge in [-0.1, -0.05) is 5.16 Å². The maximum Gasteiger partial charge on any atom is 0.150 e. The van der Waals surface area contributed by atoms with Crippen molar-refractivity contribution in [2.75, 3.05) is 53.1 Å². The van der Waals surface area contributed by atoms with Gasteiger partial charge in [-0.3, -0.25) is 9.80 Å². The number of hydrogen-bond acceptors (Lipinski definition) is 6. The Morgan fingerprint density at radius 1 is 1.27 bits per heavy atom. The summed E-state index contributed by atoms with van der Waals surface area (Å²) in [5.41, 5.74) is 1.26. The lowest BCUT2D eigenvalue weighted by Crippen LogP contribution is -2.56. The van der Waals surface area contributed by atoms with Crippen LogP contribution in [0.3, 0.4) is 0 Å². The van der Waals surface area contributed by atoms with Gasteiger partial charge in [-0.05, 0) is 45.1 Å². The third-order valence-corrected chi connectivity index (χ3v) is 6.78. The summed E-state index contributed by atoms with van der Waals surface area (Å²) in [6, 6.07) is 2.79. The van der Waals surface area contributed by atoms with Crippen LogP contribution in [0.2, 0.25) is 0 Å². The zero-order valence-corrected chi connectivity index (χ0v) is 16.3. The number of piperidine rings is 1. The average molecular weight is 364 g/mol. The predicted octanol–water partition coefficient (Wildman–Crippen LogP) is 2.32. The molecule has 0 bridgehead atoms. The molecule has 146 valence electrons. The van der Waals surface area contributed by atoms with Crippen LogP contribution in [-0.4, -0.2) is 74.1 Å². The Balaban J connectivity index is 1.42. The highest BCUT2D eigenvalue weighted by atomic mass is 16.5. The Hall–Kier alpha value is -0.950. The Morgan fingerprint density at radius 3 is 2.85 bits per heavy atom. The second-order valence-corrected chi connectivity index (χ2v) is 8.50. The van der Waals surface area contributed by atoms with Gasteiger partial charge in [0.05, 0.1) is 32.1 Å². The molecule has 2 saturated heterocycles. The van der Waals surface area contributed by atoms with E-state index in [0.717, 1.165) is 76.0 Å². The van der Waals surface area contributed by atoms with E-state index in [4.69, 9.17) is 14.0 Å². The number of likely N-dealkylation sites (tertiary alicyclic amines) is 1. The maximum absolute atomic E-state index is 5.73. The molecule has 0 radical (unpaired) electrons. The van der Waals surface area contributed by atoms with Crippen molar-refractivity contribution in [2.45, 2.75) is 45.2 Å². The van der Waals surface area contributed by atoms with E-state index in [1.54, 1.807) is 0 Å². The predicted molar refractivity (Wildman–Crippen MR) is 99.0 cm³/mol. The Kier molecular flexibility index (Phi) is 5.64. The van der Waals surface area contributed by atoms with Crippen molar-refractivity contribution in [3.05, 3.63) is 17.5 Å². The van der Waals surface area contributed by atoms with E-state index in [1.807, 2.05) is 14.0 Å². The highest BCUT2D eigenvalue weighted by Crippen LogP contribution is 2.48. The fourth-order valence-corrected chi connectivity index (χ4v) is 5.49. The van der Waals surface area contributed by atoms with E-state index >= 15 is 0 Å². The van der Waals surface area contributed by atoms with Gasteiger partial charge in [-0.15, -0.1) is 0 Å². The molecule has 1 saturated carbocycles. The number of morpholine rings is 1. The van der Waals surface area contributed by atoms with Crippen LogP contribution in [0, 0.1) is 18.3 Å². The molecular formula is C20H33N3O3. The van der Waals surface area contributed by atoms with Crippen molar-refractivity contribution in [3.8, 4) is 0 Å². The Morgan fingerprint density at radius 2 is 2.12 bits per heavy atom. The zero-order valence-electron chi connectivity index (χ0n) is 16.3. The molecule has 26 heavy (non-hydrogen) atoms. The van der Waals surface area contributed by atoms with E-state index in [0.29, 0.717) is 5.41 Å². The third kappa shape index (κ3) is 3.84. The minimum Gasteiger partial charge on any atom is -0.384 e. The second kappa shape index (κ2) is 7.97. The molecule has 2 aliphatic heterocycles. The van der Waals surface area contributed by atoms with E-state index in [1.165, 1.54) is 25.7 Å². The number of nitrogens with zero attached hydrogens (tertiary/aromatic N) is 3. The van der Waals surface area contributed by atoms with Crippen molar-refractivity contribution < 1.29 is 14.0 Å². The average Bonchev–Trinajstić information content (AvgIpc) is 3.07. The van der Waals surface area contributed by atoms with E-state index < -0.39 is 0 Å². The van der Waals surface area contributed by atoms with Gasteiger partial charge in [0, 0.05) is 44.3 Å². The zero-order chi connectivity index (χ0) is 18.0. The van der Waals surface area contributed by atoms with Gasteiger partial charge >= 0.3 is 0 Å². The van der Waals surface area contributed by atoms with Gasteiger partial charge in [0.15, 0.2) is 5.76 Å². The van der Waals surface area contributed by atoms with Crippen LogP contribution in [0.1, 0.15) is 37.1 Å². The van der Waals surface area contributed by atoms with Gasteiger partial charge < -0.3 is 14.0 Å². The summed E-state index contributed by atoms with van der Waals surface area (Å²) >= 11 is 0. The first-order valence-electron chi connectivity index (χ1n) is 10.1. The van der Waals surface area contributed by atoms with Crippen LogP contribution in [0.4, 0.5) is 0 Å². The summed E-state index contributed by atoms with van der Waals surface area (Å²) in [6.07, 6.45) is 5.13. The minimum atomic E-state index is 0.296. The molecule has 0 N–H and O–H groups in total. The molecule has 1 aromatic heterocycles. The Labute approximate surface area is 156 Å². The molecule has 0 spiro atoms. The summed E-state index contributed by atoms with van der Waals surface area (Å²) in [4.78, 5) is 5.22. The normalized spacial score (nSPS) is 33.9. The van der Waals surface area contributed by atoms with E-state index in [9.17, 15) is 0 Å². The standard InChI is InChI=1S/C20H33N3O3/c1-16-11-19(26-21-16)13-22-6-4-17-12-18(23-7-9-25-10-8-23)3-5-20(17,14-22)15-24-2/h11,17-18H,3-10,12-15H2,1-2H3/t17-,18-,20+/m0/s1. The van der Waals surface area contributed by atoms with Crippen LogP contribution in [0.5, 0.6) is 0 Å². The fraction of sp³-hybridized carbons (Fsp3) is 0.850. The monoisotopic (exact) mass is 363 g/mol. The molecular weight excluding hydrogens is 330 g/mol. The van der Waals surface area contributed by atoms with Crippen LogP contribution in [0.25, 0.3) is 0 Å². The van der Waals surface area contributed by atoms with Gasteiger partial charge in [-0.25, -0.2) is 0 Å². The number of ether oxygens (including phenoxy) is 2. The molecule has 0 amide bonds. The number of rotatable bonds is 5. The largest absolute Gasteiger partial charge is 0.384 e. The summed E-state index contributed by atoms with van der Waals surface area (Å²) in [7, 11) is 1.86. The SMILES string of the molecule is COC[C@]12CC[C@H](N3CCOCC3)C[C@@H]1CCN(Cc1cc(C)no1)C2. The van der Waals surface area contributed by atoms with Crippen molar-refractivity contribution in [1.29, 1.82) is 0 Å². The quantitative estimate of drug-likeness (QED) is 0.800. The molecule has 0 aromatic carbocycles. The molecule has 4 rings (SSSR count). The molecule has 6 heteroatoms. The van der Waals surface area contributed by atoms with Gasteiger partial charge in [-0.2, -0.15) is 0 Å². The lowest BCUT2D eigenvalue weighted by Gasteiger charge is -2.54. The first-order chi connectivity index (χ1) is 12.7. The second-order valence-electron chi connectivity index (χ2n) is 8.50. The number of methoxy groups -OCH3 is 1. The lowest BCUT2D eigenvalue weighted by atomic mass is 9.62. The lowest BCUT2D eigenvalue weighted by molar-refractivity contribution is -0.0880. The first kappa shape index (κ1) is 18.4. The maximum atomic E-state index is 5.73. The van der Waals surface area contributed by atoms with Crippen molar-refractivity contribution in [1.82, 2.24) is 15.0 Å². The number of hydrogen-bond donors (Lipinski definition) is 0. The van der Waals surface area contributed by atoms with Gasteiger partial charge in [0.2, 0.25) is 0 Å². The molecule has 3 fully saturated rings. The molecule has 1 aliphatic carbocycles. The van der Waals surface area contributed by atoms with Crippen LogP contribution >= 0.6 is 0 Å². The number of aromatic nitrogens is 1. The fourth-order valence-electron chi connectivity index (χ4n) is 5.49. The minimum absolute atomic E-state index is 0.296. The van der Waals surface area contributed by atoms with Crippen molar-refractivity contribution in [2.24, 2.45) is 11.3 Å². The van der Waals surface area contributed by atoms with Crippen molar-refractivity contribution in [3.63, 3.8) is 0 Å². The number of aryl methyl sites for hydroxylation is 1. The van der Waals surface area contributed by atoms with Crippen molar-refractivity contribution >= 4 is 0 Å². The molecule has 3 heterocycles. The highest BCUT2D eigenvalue weighted by Gasteiger charge is 2.48.